The predicted molar refractivity (Wildman–Crippen MR) is 105 cm³/mol. The first kappa shape index (κ1) is 19.0. The first-order valence-corrected chi connectivity index (χ1v) is 9.58. The second kappa shape index (κ2) is 9.23. The van der Waals surface area contributed by atoms with Crippen LogP contribution < -0.4 is 10.1 Å². The minimum Gasteiger partial charge on any atom is -0.494 e. The molecule has 2 aromatic carbocycles. The van der Waals surface area contributed by atoms with Crippen molar-refractivity contribution in [1.82, 2.24) is 15.5 Å². The maximum Gasteiger partial charge on any atom is 0.277 e. The van der Waals surface area contributed by atoms with E-state index in [4.69, 9.17) is 9.15 Å². The highest BCUT2D eigenvalue weighted by molar-refractivity contribution is 8.00. The first-order chi connectivity index (χ1) is 13.2. The molecule has 1 N–H and O–H groups in total. The Labute approximate surface area is 162 Å². The monoisotopic (exact) mass is 383 g/mol. The molecule has 0 aliphatic rings. The summed E-state index contributed by atoms with van der Waals surface area (Å²) in [5.74, 6) is 1.13. The highest BCUT2D eigenvalue weighted by Gasteiger charge is 2.18. The highest BCUT2D eigenvalue weighted by Crippen LogP contribution is 2.27. The lowest BCUT2D eigenvalue weighted by atomic mass is 10.2. The molecule has 6 nitrogen and oxygen atoms in total. The second-order valence-corrected chi connectivity index (χ2v) is 7.09. The number of amides is 1. The van der Waals surface area contributed by atoms with Crippen molar-refractivity contribution in [2.45, 2.75) is 30.9 Å². The normalized spacial score (nSPS) is 11.8. The molecule has 3 aromatic rings. The molecular weight excluding hydrogens is 362 g/mol. The average Bonchev–Trinajstić information content (AvgIpc) is 3.16. The Morgan fingerprint density at radius 3 is 2.59 bits per heavy atom. The summed E-state index contributed by atoms with van der Waals surface area (Å²) >= 11 is 1.24. The molecule has 0 saturated carbocycles. The molecule has 1 atom stereocenters. The molecule has 3 rings (SSSR count). The highest BCUT2D eigenvalue weighted by atomic mass is 32.2. The fourth-order valence-corrected chi connectivity index (χ4v) is 3.08. The van der Waals surface area contributed by atoms with Gasteiger partial charge in [-0.2, -0.15) is 0 Å². The summed E-state index contributed by atoms with van der Waals surface area (Å²) in [5.41, 5.74) is 1.86. The van der Waals surface area contributed by atoms with Crippen LogP contribution in [-0.4, -0.2) is 28.0 Å². The minimum atomic E-state index is -0.345. The minimum absolute atomic E-state index is 0.0790. The van der Waals surface area contributed by atoms with Crippen LogP contribution in [0.3, 0.4) is 0 Å². The van der Waals surface area contributed by atoms with Gasteiger partial charge in [-0.3, -0.25) is 4.79 Å². The van der Waals surface area contributed by atoms with E-state index in [1.54, 1.807) is 0 Å². The lowest BCUT2D eigenvalue weighted by molar-refractivity contribution is -0.120. The SMILES string of the molecule is CCOc1ccc(-c2nnc(S[C@@H](C)C(=O)NCc3ccccc3)o2)cc1. The molecule has 0 radical (unpaired) electrons. The molecule has 1 heterocycles. The number of carbonyl (C=O) groups excluding carboxylic acids is 1. The van der Waals surface area contributed by atoms with E-state index >= 15 is 0 Å². The van der Waals surface area contributed by atoms with Gasteiger partial charge in [0.2, 0.25) is 11.8 Å². The molecule has 0 fully saturated rings. The van der Waals surface area contributed by atoms with E-state index in [1.165, 1.54) is 11.8 Å². The molecule has 0 saturated heterocycles. The third-order valence-electron chi connectivity index (χ3n) is 3.78. The number of hydrogen-bond donors (Lipinski definition) is 1. The summed E-state index contributed by atoms with van der Waals surface area (Å²) in [6.45, 7) is 4.86. The molecule has 0 spiro atoms. The van der Waals surface area contributed by atoms with E-state index in [1.807, 2.05) is 68.4 Å². The molecule has 0 aliphatic heterocycles. The maximum atomic E-state index is 12.3. The van der Waals surface area contributed by atoms with E-state index < -0.39 is 0 Å². The van der Waals surface area contributed by atoms with Crippen molar-refractivity contribution < 1.29 is 13.9 Å². The Bertz CT molecular complexity index is 866. The van der Waals surface area contributed by atoms with Gasteiger partial charge in [0.1, 0.15) is 5.75 Å². The topological polar surface area (TPSA) is 77.2 Å². The summed E-state index contributed by atoms with van der Waals surface area (Å²) < 4.78 is 11.1. The van der Waals surface area contributed by atoms with Crippen LogP contribution in [0.4, 0.5) is 0 Å². The summed E-state index contributed by atoms with van der Waals surface area (Å²) in [5, 5.41) is 11.0. The van der Waals surface area contributed by atoms with Gasteiger partial charge in [-0.1, -0.05) is 42.1 Å². The number of benzene rings is 2. The molecule has 140 valence electrons. The summed E-state index contributed by atoms with van der Waals surface area (Å²) in [6, 6.07) is 17.2. The number of carbonyl (C=O) groups is 1. The van der Waals surface area contributed by atoms with Gasteiger partial charge in [-0.15, -0.1) is 10.2 Å². The third-order valence-corrected chi connectivity index (χ3v) is 4.71. The fourth-order valence-electron chi connectivity index (χ4n) is 2.37. The fraction of sp³-hybridized carbons (Fsp3) is 0.250. The summed E-state index contributed by atoms with van der Waals surface area (Å²) in [4.78, 5) is 12.3. The maximum absolute atomic E-state index is 12.3. The van der Waals surface area contributed by atoms with E-state index in [-0.39, 0.29) is 11.2 Å². The smallest absolute Gasteiger partial charge is 0.277 e. The Kier molecular flexibility index (Phi) is 6.49. The Hall–Kier alpha value is -2.80. The predicted octanol–water partition coefficient (Wildman–Crippen LogP) is 3.93. The molecule has 0 unspecified atom stereocenters. The summed E-state index contributed by atoms with van der Waals surface area (Å²) in [6.07, 6.45) is 0. The van der Waals surface area contributed by atoms with Crippen molar-refractivity contribution >= 4 is 17.7 Å². The molecular formula is C20H21N3O3S. The van der Waals surface area contributed by atoms with E-state index in [9.17, 15) is 4.79 Å². The van der Waals surface area contributed by atoms with Crippen molar-refractivity contribution in [2.24, 2.45) is 0 Å². The van der Waals surface area contributed by atoms with Crippen LogP contribution in [0.25, 0.3) is 11.5 Å². The zero-order valence-electron chi connectivity index (χ0n) is 15.2. The van der Waals surface area contributed by atoms with Crippen molar-refractivity contribution in [3.8, 4) is 17.2 Å². The summed E-state index contributed by atoms with van der Waals surface area (Å²) in [7, 11) is 0. The number of nitrogens with one attached hydrogen (secondary N) is 1. The van der Waals surface area contributed by atoms with Crippen molar-refractivity contribution in [1.29, 1.82) is 0 Å². The largest absolute Gasteiger partial charge is 0.494 e. The second-order valence-electron chi connectivity index (χ2n) is 5.79. The van der Waals surface area contributed by atoms with E-state index in [0.29, 0.717) is 24.3 Å². The van der Waals surface area contributed by atoms with Gasteiger partial charge < -0.3 is 14.5 Å². The van der Waals surface area contributed by atoms with Gasteiger partial charge in [-0.25, -0.2) is 0 Å². The van der Waals surface area contributed by atoms with Crippen LogP contribution in [0.1, 0.15) is 19.4 Å². The number of thioether (sulfide) groups is 1. The molecule has 7 heteroatoms. The molecule has 1 amide bonds. The zero-order valence-corrected chi connectivity index (χ0v) is 16.0. The number of aromatic nitrogens is 2. The third kappa shape index (κ3) is 5.34. The lowest BCUT2D eigenvalue weighted by Gasteiger charge is -2.09. The first-order valence-electron chi connectivity index (χ1n) is 8.70. The van der Waals surface area contributed by atoms with Gasteiger partial charge in [0.15, 0.2) is 0 Å². The quantitative estimate of drug-likeness (QED) is 0.594. The molecule has 0 bridgehead atoms. The van der Waals surface area contributed by atoms with Gasteiger partial charge in [-0.05, 0) is 43.7 Å². The standard InChI is InChI=1S/C20H21N3O3S/c1-3-25-17-11-9-16(10-12-17)19-22-23-20(26-19)27-14(2)18(24)21-13-15-7-5-4-6-8-15/h4-12,14H,3,13H2,1-2H3,(H,21,24)/t14-/m0/s1. The molecule has 27 heavy (non-hydrogen) atoms. The van der Waals surface area contributed by atoms with Crippen LogP contribution in [0.2, 0.25) is 0 Å². The number of rotatable bonds is 8. The molecule has 1 aromatic heterocycles. The van der Waals surface area contributed by atoms with E-state index in [2.05, 4.69) is 15.5 Å². The van der Waals surface area contributed by atoms with Crippen LogP contribution >= 0.6 is 11.8 Å². The Morgan fingerprint density at radius 2 is 1.89 bits per heavy atom. The van der Waals surface area contributed by atoms with Crippen LogP contribution in [0, 0.1) is 0 Å². The zero-order chi connectivity index (χ0) is 19.1. The van der Waals surface area contributed by atoms with Crippen molar-refractivity contribution in [3.63, 3.8) is 0 Å². The van der Waals surface area contributed by atoms with Crippen molar-refractivity contribution in [3.05, 3.63) is 60.2 Å². The molecule has 0 aliphatic carbocycles. The van der Waals surface area contributed by atoms with Crippen LogP contribution in [0.15, 0.2) is 64.2 Å². The van der Waals surface area contributed by atoms with Gasteiger partial charge in [0, 0.05) is 12.1 Å². The number of nitrogens with zero attached hydrogens (tertiary/aromatic N) is 2. The Balaban J connectivity index is 1.55. The van der Waals surface area contributed by atoms with E-state index in [0.717, 1.165) is 16.9 Å². The average molecular weight is 383 g/mol. The van der Waals surface area contributed by atoms with Gasteiger partial charge in [0.05, 0.1) is 11.9 Å². The van der Waals surface area contributed by atoms with Gasteiger partial charge in [0.25, 0.3) is 5.22 Å². The Morgan fingerprint density at radius 1 is 1.15 bits per heavy atom. The van der Waals surface area contributed by atoms with Gasteiger partial charge >= 0.3 is 0 Å². The number of hydrogen-bond acceptors (Lipinski definition) is 6. The van der Waals surface area contributed by atoms with Crippen LogP contribution in [0.5, 0.6) is 5.75 Å². The lowest BCUT2D eigenvalue weighted by Crippen LogP contribution is -2.30. The number of ether oxygens (including phenoxy) is 1. The van der Waals surface area contributed by atoms with Crippen molar-refractivity contribution in [2.75, 3.05) is 6.61 Å². The van der Waals surface area contributed by atoms with Crippen LogP contribution in [-0.2, 0) is 11.3 Å².